The van der Waals surface area contributed by atoms with Crippen molar-refractivity contribution in [3.63, 3.8) is 0 Å². The predicted octanol–water partition coefficient (Wildman–Crippen LogP) is 3.72. The van der Waals surface area contributed by atoms with E-state index in [-0.39, 0.29) is 24.5 Å². The third kappa shape index (κ3) is 7.33. The van der Waals surface area contributed by atoms with E-state index in [0.717, 1.165) is 25.7 Å². The van der Waals surface area contributed by atoms with E-state index in [1.54, 1.807) is 13.1 Å². The molecule has 198 valence electrons. The number of nitrogens with zero attached hydrogens (tertiary/aromatic N) is 4. The van der Waals surface area contributed by atoms with E-state index in [9.17, 15) is 17.6 Å². The highest BCUT2D eigenvalue weighted by molar-refractivity contribution is 5.64. The van der Waals surface area contributed by atoms with Gasteiger partial charge in [-0.1, -0.05) is 6.42 Å². The summed E-state index contributed by atoms with van der Waals surface area (Å²) in [6.45, 7) is 0.378. The Kier molecular flexibility index (Phi) is 9.13. The Labute approximate surface area is 206 Å². The van der Waals surface area contributed by atoms with Gasteiger partial charge in [0, 0.05) is 19.3 Å². The standard InChI is InChI=1S/C23H31F4N7O2/c1-14-18(36-15-6-4-3-5-7-15)9-8-16(32-14)20(28)17(34(2)29)12-31-22-30-11-10-19(33-22)35-13-23(26,27)21(24)25/h8-11,15,21H,3-7,12-13,28-29H2,1-2H3,(H,30,31,33)/b20-17-. The molecule has 0 bridgehead atoms. The van der Waals surface area contributed by atoms with E-state index >= 15 is 0 Å². The Morgan fingerprint density at radius 3 is 2.56 bits per heavy atom. The van der Waals surface area contributed by atoms with Crippen LogP contribution in [0.1, 0.15) is 43.5 Å². The van der Waals surface area contributed by atoms with Gasteiger partial charge in [0.1, 0.15) is 5.75 Å². The van der Waals surface area contributed by atoms with Crippen LogP contribution >= 0.6 is 0 Å². The third-order valence-corrected chi connectivity index (χ3v) is 5.67. The molecule has 2 aromatic rings. The van der Waals surface area contributed by atoms with E-state index in [1.807, 2.05) is 13.0 Å². The van der Waals surface area contributed by atoms with E-state index in [0.29, 0.717) is 28.5 Å². The number of aromatic nitrogens is 3. The lowest BCUT2D eigenvalue weighted by Gasteiger charge is -2.24. The Morgan fingerprint density at radius 2 is 1.92 bits per heavy atom. The number of alkyl halides is 4. The summed E-state index contributed by atoms with van der Waals surface area (Å²) in [6, 6.07) is 4.76. The highest BCUT2D eigenvalue weighted by atomic mass is 19.3. The summed E-state index contributed by atoms with van der Waals surface area (Å²) in [5.74, 6) is 2.09. The molecule has 1 fully saturated rings. The van der Waals surface area contributed by atoms with Gasteiger partial charge in [-0.3, -0.25) is 0 Å². The van der Waals surface area contributed by atoms with Gasteiger partial charge in [-0.25, -0.2) is 24.6 Å². The Hall–Kier alpha value is -3.35. The van der Waals surface area contributed by atoms with Crippen LogP contribution in [0.2, 0.25) is 0 Å². The number of hydrazine groups is 1. The van der Waals surface area contributed by atoms with E-state index in [1.165, 1.54) is 23.7 Å². The van der Waals surface area contributed by atoms with Gasteiger partial charge < -0.3 is 25.5 Å². The summed E-state index contributed by atoms with van der Waals surface area (Å²) < 4.78 is 61.7. The minimum atomic E-state index is -4.30. The monoisotopic (exact) mass is 513 g/mol. The predicted molar refractivity (Wildman–Crippen MR) is 127 cm³/mol. The highest BCUT2D eigenvalue weighted by Gasteiger charge is 2.41. The fourth-order valence-electron chi connectivity index (χ4n) is 3.65. The number of nitrogens with two attached hydrogens (primary N) is 2. The van der Waals surface area contributed by atoms with Gasteiger partial charge in [-0.2, -0.15) is 13.8 Å². The van der Waals surface area contributed by atoms with Crippen LogP contribution in [-0.2, 0) is 0 Å². The summed E-state index contributed by atoms with van der Waals surface area (Å²) in [5, 5.41) is 4.17. The molecule has 2 heterocycles. The molecule has 9 nitrogen and oxygen atoms in total. The maximum atomic E-state index is 13.1. The van der Waals surface area contributed by atoms with Crippen LogP contribution in [0.25, 0.3) is 5.70 Å². The van der Waals surface area contributed by atoms with E-state index in [2.05, 4.69) is 20.3 Å². The van der Waals surface area contributed by atoms with Gasteiger partial charge in [0.05, 0.1) is 35.4 Å². The zero-order chi connectivity index (χ0) is 26.3. The molecule has 0 unspecified atom stereocenters. The Bertz CT molecular complexity index is 1050. The quantitative estimate of drug-likeness (QED) is 0.234. The maximum Gasteiger partial charge on any atom is 0.340 e. The summed E-state index contributed by atoms with van der Waals surface area (Å²) >= 11 is 0. The molecule has 1 aliphatic carbocycles. The van der Waals surface area contributed by atoms with Crippen LogP contribution in [0, 0.1) is 6.92 Å². The topological polar surface area (TPSA) is 124 Å². The molecule has 1 saturated carbocycles. The number of pyridine rings is 1. The summed E-state index contributed by atoms with van der Waals surface area (Å²) in [5.41, 5.74) is 8.28. The molecule has 0 atom stereocenters. The first-order valence-electron chi connectivity index (χ1n) is 11.5. The second-order valence-corrected chi connectivity index (χ2v) is 8.55. The molecule has 3 rings (SSSR count). The number of rotatable bonds is 11. The van der Waals surface area contributed by atoms with Crippen LogP contribution in [0.15, 0.2) is 30.1 Å². The molecular formula is C23H31F4N7O2. The number of aryl methyl sites for hydroxylation is 1. The first-order valence-corrected chi connectivity index (χ1v) is 11.5. The van der Waals surface area contributed by atoms with Crippen LogP contribution < -0.4 is 26.4 Å². The third-order valence-electron chi connectivity index (χ3n) is 5.67. The molecule has 0 amide bonds. The molecule has 1 aliphatic rings. The first-order chi connectivity index (χ1) is 17.1. The zero-order valence-corrected chi connectivity index (χ0v) is 20.2. The smallest absolute Gasteiger partial charge is 0.340 e. The van der Waals surface area contributed by atoms with Crippen LogP contribution in [0.5, 0.6) is 11.6 Å². The lowest BCUT2D eigenvalue weighted by atomic mass is 9.98. The zero-order valence-electron chi connectivity index (χ0n) is 20.2. The molecule has 36 heavy (non-hydrogen) atoms. The van der Waals surface area contributed by atoms with Crippen molar-refractivity contribution in [2.45, 2.75) is 57.5 Å². The molecular weight excluding hydrogens is 482 g/mol. The first kappa shape index (κ1) is 27.2. The van der Waals surface area contributed by atoms with Crippen molar-refractivity contribution in [2.24, 2.45) is 11.6 Å². The number of hydrogen-bond donors (Lipinski definition) is 3. The van der Waals surface area contributed by atoms with Crippen molar-refractivity contribution in [3.8, 4) is 11.6 Å². The van der Waals surface area contributed by atoms with Crippen molar-refractivity contribution < 1.29 is 27.0 Å². The average Bonchev–Trinajstić information content (AvgIpc) is 2.84. The summed E-state index contributed by atoms with van der Waals surface area (Å²) in [4.78, 5) is 12.4. The summed E-state index contributed by atoms with van der Waals surface area (Å²) in [6.07, 6.45) is 3.18. The molecule has 0 aromatic carbocycles. The number of hydrogen-bond acceptors (Lipinski definition) is 9. The van der Waals surface area contributed by atoms with Crippen molar-refractivity contribution in [1.29, 1.82) is 0 Å². The van der Waals surface area contributed by atoms with E-state index in [4.69, 9.17) is 21.1 Å². The Balaban J connectivity index is 1.69. The molecule has 0 radical (unpaired) electrons. The second-order valence-electron chi connectivity index (χ2n) is 8.55. The average molecular weight is 514 g/mol. The van der Waals surface area contributed by atoms with Gasteiger partial charge in [-0.05, 0) is 44.7 Å². The van der Waals surface area contributed by atoms with Crippen molar-refractivity contribution >= 4 is 11.6 Å². The lowest BCUT2D eigenvalue weighted by Crippen LogP contribution is -2.34. The van der Waals surface area contributed by atoms with E-state index < -0.39 is 19.0 Å². The maximum absolute atomic E-state index is 13.1. The fourth-order valence-corrected chi connectivity index (χ4v) is 3.65. The van der Waals surface area contributed by atoms with Crippen molar-refractivity contribution in [3.05, 3.63) is 41.5 Å². The second kappa shape index (κ2) is 12.1. The van der Waals surface area contributed by atoms with Gasteiger partial charge >= 0.3 is 12.3 Å². The fraction of sp³-hybridized carbons (Fsp3) is 0.522. The van der Waals surface area contributed by atoms with Gasteiger partial charge in [0.2, 0.25) is 11.8 Å². The summed E-state index contributed by atoms with van der Waals surface area (Å²) in [7, 11) is 1.59. The number of nitrogens with one attached hydrogen (secondary N) is 1. The Morgan fingerprint density at radius 1 is 1.19 bits per heavy atom. The molecule has 2 aromatic heterocycles. The lowest BCUT2D eigenvalue weighted by molar-refractivity contribution is -0.148. The number of likely N-dealkylation sites (N-methyl/N-ethyl adjacent to an activating group) is 1. The largest absolute Gasteiger partial charge is 0.489 e. The molecule has 5 N–H and O–H groups in total. The number of halogens is 4. The molecule has 0 aliphatic heterocycles. The van der Waals surface area contributed by atoms with Gasteiger partial charge in [0.15, 0.2) is 6.61 Å². The molecule has 0 spiro atoms. The van der Waals surface area contributed by atoms with Crippen LogP contribution in [0.3, 0.4) is 0 Å². The van der Waals surface area contributed by atoms with Crippen LogP contribution in [0.4, 0.5) is 23.5 Å². The van der Waals surface area contributed by atoms with Crippen LogP contribution in [-0.4, -0.2) is 58.6 Å². The number of ether oxygens (including phenoxy) is 2. The van der Waals surface area contributed by atoms with Gasteiger partial charge in [-0.15, -0.1) is 0 Å². The normalized spacial score (nSPS) is 15.4. The van der Waals surface area contributed by atoms with Crippen molar-refractivity contribution in [1.82, 2.24) is 20.0 Å². The molecule has 0 saturated heterocycles. The van der Waals surface area contributed by atoms with Gasteiger partial charge in [0.25, 0.3) is 0 Å². The SMILES string of the molecule is Cc1nc(/C(N)=C(\CNc2nccc(OCC(F)(F)C(F)F)n2)N(C)N)ccc1OC1CCCCC1. The molecule has 13 heteroatoms. The highest BCUT2D eigenvalue weighted by Crippen LogP contribution is 2.27. The van der Waals surface area contributed by atoms with Crippen molar-refractivity contribution in [2.75, 3.05) is 25.5 Å². The minimum Gasteiger partial charge on any atom is -0.489 e. The minimum absolute atomic E-state index is 0.000355. The number of anilines is 1.